The number of nitrogens with one attached hydrogen (secondary N) is 1. The number of halogens is 3. The van der Waals surface area contributed by atoms with Crippen molar-refractivity contribution in [3.05, 3.63) is 0 Å². The molecule has 1 aliphatic heterocycles. The van der Waals surface area contributed by atoms with Crippen LogP contribution in [-0.2, 0) is 15.6 Å². The quantitative estimate of drug-likeness (QED) is 0.751. The third kappa shape index (κ3) is 3.30. The number of hydrogen-bond acceptors (Lipinski definition) is 2. The van der Waals surface area contributed by atoms with Gasteiger partial charge in [-0.1, -0.05) is 0 Å². The van der Waals surface area contributed by atoms with Gasteiger partial charge in [0.25, 0.3) is 0 Å². The van der Waals surface area contributed by atoms with Crippen molar-refractivity contribution in [3.8, 4) is 0 Å². The summed E-state index contributed by atoms with van der Waals surface area (Å²) in [4.78, 5) is 7.19. The Hall–Kier alpha value is -0.0400. The van der Waals surface area contributed by atoms with Crippen LogP contribution >= 0.6 is 15.9 Å². The lowest BCUT2D eigenvalue weighted by molar-refractivity contribution is -0.134. The van der Waals surface area contributed by atoms with E-state index >= 15 is 0 Å². The molecular weight excluding hydrogens is 268 g/mol. The van der Waals surface area contributed by atoms with Gasteiger partial charge in [-0.25, -0.2) is 0 Å². The summed E-state index contributed by atoms with van der Waals surface area (Å²) in [6, 6.07) is -0.378. The first-order valence-corrected chi connectivity index (χ1v) is 5.90. The lowest BCUT2D eigenvalue weighted by Crippen LogP contribution is -2.42. The van der Waals surface area contributed by atoms with E-state index in [1.165, 1.54) is 0 Å². The van der Waals surface area contributed by atoms with E-state index in [4.69, 9.17) is 0 Å². The van der Waals surface area contributed by atoms with E-state index in [0.717, 1.165) is 0 Å². The fourth-order valence-electron chi connectivity index (χ4n) is 1.05. The van der Waals surface area contributed by atoms with Crippen LogP contribution in [-0.4, -0.2) is 32.5 Å². The van der Waals surface area contributed by atoms with Gasteiger partial charge in [0.15, 0.2) is 0 Å². The lowest BCUT2D eigenvalue weighted by atomic mass is 10.2. The molecule has 1 aliphatic rings. The Kier molecular flexibility index (Phi) is 3.39. The molecule has 0 radical (unpaired) electrons. The molecule has 1 heterocycles. The minimum absolute atomic E-state index is 0.273. The van der Waals surface area contributed by atoms with Gasteiger partial charge in [0.05, 0.1) is 0 Å². The van der Waals surface area contributed by atoms with Crippen molar-refractivity contribution in [2.45, 2.75) is 17.3 Å². The Morgan fingerprint density at radius 3 is 2.62 bits per heavy atom. The first-order valence-electron chi connectivity index (χ1n) is 3.62. The molecule has 1 saturated heterocycles. The van der Waals surface area contributed by atoms with E-state index < -0.39 is 21.5 Å². The van der Waals surface area contributed by atoms with Crippen LogP contribution in [0.2, 0.25) is 0 Å². The maximum absolute atomic E-state index is 12.3. The van der Waals surface area contributed by atoms with Crippen molar-refractivity contribution in [2.75, 3.05) is 11.5 Å². The van der Waals surface area contributed by atoms with Gasteiger partial charge in [-0.3, -0.25) is 9.00 Å². The second-order valence-electron chi connectivity index (χ2n) is 2.77. The Morgan fingerprint density at radius 2 is 2.23 bits per heavy atom. The molecule has 1 fully saturated rings. The predicted molar refractivity (Wildman–Crippen MR) is 48.3 cm³/mol. The van der Waals surface area contributed by atoms with E-state index in [-0.39, 0.29) is 11.8 Å². The summed E-state index contributed by atoms with van der Waals surface area (Å²) in [5, 5.41) is 2.12. The van der Waals surface area contributed by atoms with E-state index in [0.29, 0.717) is 12.2 Å². The summed E-state index contributed by atoms with van der Waals surface area (Å²) in [6.45, 7) is 0. The van der Waals surface area contributed by atoms with E-state index in [9.17, 15) is 17.8 Å². The van der Waals surface area contributed by atoms with E-state index in [2.05, 4.69) is 5.32 Å². The topological polar surface area (TPSA) is 46.2 Å². The number of carbonyl (C=O) groups is 1. The van der Waals surface area contributed by atoms with Crippen LogP contribution in [0.1, 0.15) is 6.42 Å². The maximum Gasteiger partial charge on any atom is 0.377 e. The lowest BCUT2D eigenvalue weighted by Gasteiger charge is -2.13. The largest absolute Gasteiger partial charge is 0.377 e. The van der Waals surface area contributed by atoms with Crippen molar-refractivity contribution in [1.29, 1.82) is 0 Å². The summed E-state index contributed by atoms with van der Waals surface area (Å²) in [7, 11) is -0.971. The van der Waals surface area contributed by atoms with Crippen LogP contribution in [0.4, 0.5) is 8.78 Å². The molecule has 0 aromatic rings. The first kappa shape index (κ1) is 11.0. The molecule has 0 spiro atoms. The second kappa shape index (κ2) is 4.00. The molecule has 13 heavy (non-hydrogen) atoms. The molecule has 0 aromatic heterocycles. The van der Waals surface area contributed by atoms with Crippen LogP contribution in [0.5, 0.6) is 0 Å². The Balaban J connectivity index is 2.42. The van der Waals surface area contributed by atoms with Gasteiger partial charge < -0.3 is 5.32 Å². The van der Waals surface area contributed by atoms with Crippen LogP contribution in [0.25, 0.3) is 0 Å². The standard InChI is InChI=1S/C6H8BrF2NO2S/c7-6(8,9)5(11)10-4-1-2-13(12)3-4/h4H,1-3H2,(H,10,11). The fourth-order valence-corrected chi connectivity index (χ4v) is 2.57. The number of alkyl halides is 3. The highest BCUT2D eigenvalue weighted by atomic mass is 79.9. The average molecular weight is 276 g/mol. The summed E-state index contributed by atoms with van der Waals surface area (Å²) >= 11 is 1.95. The number of rotatable bonds is 2. The smallest absolute Gasteiger partial charge is 0.346 e. The SMILES string of the molecule is O=C(NC1CCS(=O)C1)C(F)(F)Br. The van der Waals surface area contributed by atoms with Crippen LogP contribution < -0.4 is 5.32 Å². The van der Waals surface area contributed by atoms with Crippen molar-refractivity contribution in [3.63, 3.8) is 0 Å². The van der Waals surface area contributed by atoms with Gasteiger partial charge in [0.1, 0.15) is 0 Å². The highest BCUT2D eigenvalue weighted by molar-refractivity contribution is 9.10. The Labute approximate surface area is 84.8 Å². The van der Waals surface area contributed by atoms with Gasteiger partial charge in [-0.15, -0.1) is 0 Å². The van der Waals surface area contributed by atoms with Gasteiger partial charge >= 0.3 is 10.7 Å². The summed E-state index contributed by atoms with van der Waals surface area (Å²) < 4.78 is 35.4. The zero-order chi connectivity index (χ0) is 10.1. The molecule has 1 N–H and O–H groups in total. The molecular formula is C6H8BrF2NO2S. The summed E-state index contributed by atoms with van der Waals surface area (Å²) in [6.07, 6.45) is 0.501. The van der Waals surface area contributed by atoms with Gasteiger partial charge in [-0.2, -0.15) is 8.78 Å². The zero-order valence-electron chi connectivity index (χ0n) is 6.56. The van der Waals surface area contributed by atoms with Crippen molar-refractivity contribution in [1.82, 2.24) is 5.32 Å². The van der Waals surface area contributed by atoms with E-state index in [1.54, 1.807) is 0 Å². The molecule has 3 nitrogen and oxygen atoms in total. The Morgan fingerprint density at radius 1 is 1.62 bits per heavy atom. The molecule has 2 unspecified atom stereocenters. The molecule has 1 rings (SSSR count). The Bertz CT molecular complexity index is 243. The first-order chi connectivity index (χ1) is 5.89. The van der Waals surface area contributed by atoms with Gasteiger partial charge in [0.2, 0.25) is 0 Å². The number of hydrogen-bond donors (Lipinski definition) is 1. The molecule has 76 valence electrons. The number of amides is 1. The summed E-state index contributed by atoms with van der Waals surface area (Å²) in [5.74, 6) is -0.621. The third-order valence-corrected chi connectivity index (χ3v) is 3.50. The average Bonchev–Trinajstić information content (AvgIpc) is 2.33. The molecule has 2 atom stereocenters. The minimum atomic E-state index is -3.53. The normalized spacial score (nSPS) is 28.8. The highest BCUT2D eigenvalue weighted by Crippen LogP contribution is 2.22. The highest BCUT2D eigenvalue weighted by Gasteiger charge is 2.37. The second-order valence-corrected chi connectivity index (χ2v) is 5.38. The zero-order valence-corrected chi connectivity index (χ0v) is 8.96. The molecule has 0 aliphatic carbocycles. The molecule has 0 bridgehead atoms. The van der Waals surface area contributed by atoms with Crippen LogP contribution in [0, 0.1) is 0 Å². The van der Waals surface area contributed by atoms with Crippen molar-refractivity contribution >= 4 is 32.6 Å². The minimum Gasteiger partial charge on any atom is -0.346 e. The molecule has 0 aromatic carbocycles. The van der Waals surface area contributed by atoms with Gasteiger partial charge in [-0.05, 0) is 6.42 Å². The maximum atomic E-state index is 12.3. The van der Waals surface area contributed by atoms with Crippen LogP contribution in [0.15, 0.2) is 0 Å². The molecule has 1 amide bonds. The van der Waals surface area contributed by atoms with E-state index in [1.807, 2.05) is 15.9 Å². The third-order valence-electron chi connectivity index (χ3n) is 1.67. The predicted octanol–water partition coefficient (Wildman–Crippen LogP) is 0.611. The van der Waals surface area contributed by atoms with Crippen molar-refractivity contribution < 1.29 is 17.8 Å². The summed E-state index contributed by atoms with van der Waals surface area (Å²) in [5.41, 5.74) is 0. The molecule has 0 saturated carbocycles. The van der Waals surface area contributed by atoms with Gasteiger partial charge in [0, 0.05) is 44.3 Å². The number of carbonyl (C=O) groups excluding carboxylic acids is 1. The van der Waals surface area contributed by atoms with Crippen LogP contribution in [0.3, 0.4) is 0 Å². The van der Waals surface area contributed by atoms with Crippen molar-refractivity contribution in [2.24, 2.45) is 0 Å². The fraction of sp³-hybridized carbons (Fsp3) is 0.833. The molecule has 7 heteroatoms. The monoisotopic (exact) mass is 275 g/mol.